The van der Waals surface area contributed by atoms with Crippen molar-refractivity contribution in [1.29, 1.82) is 0 Å². The third-order valence-electron chi connectivity index (χ3n) is 5.92. The molecule has 1 unspecified atom stereocenters. The molecule has 5 nitrogen and oxygen atoms in total. The highest BCUT2D eigenvalue weighted by atomic mass is 16.2. The topological polar surface area (TPSA) is 65.2 Å². The normalized spacial score (nSPS) is 12.0. The Hall–Kier alpha value is -3.86. The molecule has 0 fully saturated rings. The molecule has 1 heterocycles. The zero-order valence-corrected chi connectivity index (χ0v) is 19.2. The largest absolute Gasteiger partial charge is 0.358 e. The van der Waals surface area contributed by atoms with Gasteiger partial charge in [-0.25, -0.2) is 0 Å². The van der Waals surface area contributed by atoms with Gasteiger partial charge in [-0.15, -0.1) is 0 Å². The number of fused-ring (bicyclic) bond motifs is 1. The highest BCUT2D eigenvalue weighted by Crippen LogP contribution is 2.24. The molecule has 0 saturated carbocycles. The van der Waals surface area contributed by atoms with E-state index in [1.807, 2.05) is 84.9 Å². The number of carbonyl (C=O) groups is 2. The van der Waals surface area contributed by atoms with Crippen LogP contribution in [0.25, 0.3) is 10.9 Å². The van der Waals surface area contributed by atoms with Gasteiger partial charge in [0.15, 0.2) is 0 Å². The van der Waals surface area contributed by atoms with E-state index in [0.29, 0.717) is 11.6 Å². The van der Waals surface area contributed by atoms with Gasteiger partial charge < -0.3 is 15.2 Å². The van der Waals surface area contributed by atoms with Crippen molar-refractivity contribution >= 4 is 28.4 Å². The second-order valence-electron chi connectivity index (χ2n) is 8.64. The van der Waals surface area contributed by atoms with E-state index in [1.54, 1.807) is 7.05 Å². The molecule has 4 rings (SSSR count). The molecule has 1 aromatic heterocycles. The Balaban J connectivity index is 1.55. The quantitative estimate of drug-likeness (QED) is 0.389. The first-order valence-electron chi connectivity index (χ1n) is 11.2. The van der Waals surface area contributed by atoms with Gasteiger partial charge in [-0.1, -0.05) is 74.5 Å². The number of para-hydroxylation sites is 1. The number of rotatable bonds is 7. The minimum Gasteiger partial charge on any atom is -0.358 e. The molecule has 0 radical (unpaired) electrons. The predicted octanol–water partition coefficient (Wildman–Crippen LogP) is 5.67. The van der Waals surface area contributed by atoms with Crippen LogP contribution in [-0.2, 0) is 16.0 Å². The number of anilines is 1. The van der Waals surface area contributed by atoms with E-state index in [0.717, 1.165) is 22.2 Å². The molecule has 4 aromatic rings. The molecule has 0 saturated heterocycles. The number of H-pyrrole nitrogens is 1. The van der Waals surface area contributed by atoms with Crippen LogP contribution in [0.5, 0.6) is 0 Å². The van der Waals surface area contributed by atoms with E-state index >= 15 is 0 Å². The third kappa shape index (κ3) is 5.14. The number of amides is 2. The summed E-state index contributed by atoms with van der Waals surface area (Å²) in [5.74, 6) is 0.0342. The zero-order valence-electron chi connectivity index (χ0n) is 19.2. The number of hydrogen-bond donors (Lipinski definition) is 2. The van der Waals surface area contributed by atoms with E-state index in [1.165, 1.54) is 10.5 Å². The summed E-state index contributed by atoms with van der Waals surface area (Å²) in [7, 11) is 1.68. The second-order valence-corrected chi connectivity index (χ2v) is 8.64. The maximum absolute atomic E-state index is 13.4. The van der Waals surface area contributed by atoms with Crippen LogP contribution in [0, 0.1) is 0 Å². The number of nitrogens with zero attached hydrogens (tertiary/aromatic N) is 1. The van der Waals surface area contributed by atoms with Crippen LogP contribution in [0.15, 0.2) is 84.9 Å². The van der Waals surface area contributed by atoms with Crippen molar-refractivity contribution in [2.45, 2.75) is 32.2 Å². The molecule has 1 atom stereocenters. The van der Waals surface area contributed by atoms with Crippen LogP contribution in [-0.4, -0.2) is 28.7 Å². The summed E-state index contributed by atoms with van der Waals surface area (Å²) < 4.78 is 0. The van der Waals surface area contributed by atoms with Crippen molar-refractivity contribution < 1.29 is 9.59 Å². The van der Waals surface area contributed by atoms with Gasteiger partial charge in [-0.2, -0.15) is 0 Å². The standard InChI is InChI=1S/C28H29N3O2/c1-19(2)20-13-15-23(16-14-20)30-28(33)27(21-9-5-4-6-10-21)31(3)26(32)18-24-17-22-11-7-8-12-25(22)29-24/h4-17,19,27,29H,18H2,1-3H3,(H,30,33). The molecule has 3 aromatic carbocycles. The highest BCUT2D eigenvalue weighted by Gasteiger charge is 2.29. The summed E-state index contributed by atoms with van der Waals surface area (Å²) in [5.41, 5.74) is 4.50. The molecular weight excluding hydrogens is 410 g/mol. The van der Waals surface area contributed by atoms with Crippen LogP contribution in [0.1, 0.15) is 42.6 Å². The number of hydrogen-bond acceptors (Lipinski definition) is 2. The lowest BCUT2D eigenvalue weighted by molar-refractivity contribution is -0.136. The Kier molecular flexibility index (Phi) is 6.59. The first-order valence-corrected chi connectivity index (χ1v) is 11.2. The fourth-order valence-corrected chi connectivity index (χ4v) is 4.01. The minimum atomic E-state index is -0.743. The van der Waals surface area contributed by atoms with Gasteiger partial charge >= 0.3 is 0 Å². The molecule has 0 bridgehead atoms. The average molecular weight is 440 g/mol. The van der Waals surface area contributed by atoms with Gasteiger partial charge in [-0.05, 0) is 46.7 Å². The lowest BCUT2D eigenvalue weighted by atomic mass is 10.0. The number of benzene rings is 3. The molecule has 5 heteroatoms. The number of carbonyl (C=O) groups excluding carboxylic acids is 2. The maximum atomic E-state index is 13.4. The summed E-state index contributed by atoms with van der Waals surface area (Å²) in [6, 6.07) is 26.4. The Bertz CT molecular complexity index is 1210. The predicted molar refractivity (Wildman–Crippen MR) is 133 cm³/mol. The highest BCUT2D eigenvalue weighted by molar-refractivity contribution is 5.98. The number of likely N-dealkylation sites (N-methyl/N-ethyl adjacent to an activating group) is 1. The SMILES string of the molecule is CC(C)c1ccc(NC(=O)C(c2ccccc2)N(C)C(=O)Cc2cc3ccccc3[nH]2)cc1. The van der Waals surface area contributed by atoms with Crippen molar-refractivity contribution in [2.75, 3.05) is 12.4 Å². The first-order chi connectivity index (χ1) is 15.9. The molecule has 0 aliphatic rings. The zero-order chi connectivity index (χ0) is 23.4. The Morgan fingerprint density at radius 2 is 1.55 bits per heavy atom. The van der Waals surface area contributed by atoms with Crippen LogP contribution < -0.4 is 5.32 Å². The number of nitrogens with one attached hydrogen (secondary N) is 2. The monoisotopic (exact) mass is 439 g/mol. The number of aromatic amines is 1. The van der Waals surface area contributed by atoms with Gasteiger partial charge in [-0.3, -0.25) is 9.59 Å². The van der Waals surface area contributed by atoms with Gasteiger partial charge in [0.2, 0.25) is 5.91 Å². The van der Waals surface area contributed by atoms with Crippen molar-refractivity contribution in [2.24, 2.45) is 0 Å². The fourth-order valence-electron chi connectivity index (χ4n) is 4.01. The summed E-state index contributed by atoms with van der Waals surface area (Å²) in [6.45, 7) is 4.26. The van der Waals surface area contributed by atoms with E-state index in [9.17, 15) is 9.59 Å². The maximum Gasteiger partial charge on any atom is 0.251 e. The molecule has 33 heavy (non-hydrogen) atoms. The summed E-state index contributed by atoms with van der Waals surface area (Å²) in [5, 5.41) is 4.05. The average Bonchev–Trinajstić information content (AvgIpc) is 3.22. The molecule has 2 amide bonds. The Labute approximate surface area is 194 Å². The van der Waals surface area contributed by atoms with Crippen molar-refractivity contribution in [1.82, 2.24) is 9.88 Å². The van der Waals surface area contributed by atoms with Crippen molar-refractivity contribution in [3.63, 3.8) is 0 Å². The third-order valence-corrected chi connectivity index (χ3v) is 5.92. The Morgan fingerprint density at radius 3 is 2.21 bits per heavy atom. The molecule has 2 N–H and O–H groups in total. The van der Waals surface area contributed by atoms with Gasteiger partial charge in [0.1, 0.15) is 6.04 Å². The first kappa shape index (κ1) is 22.3. The van der Waals surface area contributed by atoms with Gasteiger partial charge in [0, 0.05) is 23.9 Å². The molecular formula is C28H29N3O2. The molecule has 0 aliphatic carbocycles. The van der Waals surface area contributed by atoms with Crippen LogP contribution in [0.2, 0.25) is 0 Å². The van der Waals surface area contributed by atoms with Gasteiger partial charge in [0.25, 0.3) is 5.91 Å². The van der Waals surface area contributed by atoms with E-state index < -0.39 is 6.04 Å². The molecule has 0 spiro atoms. The fraction of sp³-hybridized carbons (Fsp3) is 0.214. The smallest absolute Gasteiger partial charge is 0.251 e. The van der Waals surface area contributed by atoms with Crippen LogP contribution >= 0.6 is 0 Å². The van der Waals surface area contributed by atoms with Crippen molar-refractivity contribution in [3.8, 4) is 0 Å². The molecule has 168 valence electrons. The van der Waals surface area contributed by atoms with Crippen LogP contribution in [0.3, 0.4) is 0 Å². The Morgan fingerprint density at radius 1 is 0.879 bits per heavy atom. The van der Waals surface area contributed by atoms with E-state index in [2.05, 4.69) is 24.1 Å². The summed E-state index contributed by atoms with van der Waals surface area (Å²) in [4.78, 5) is 31.4. The van der Waals surface area contributed by atoms with Crippen LogP contribution in [0.4, 0.5) is 5.69 Å². The summed E-state index contributed by atoms with van der Waals surface area (Å²) >= 11 is 0. The summed E-state index contributed by atoms with van der Waals surface area (Å²) in [6.07, 6.45) is 0.185. The lowest BCUT2D eigenvalue weighted by Gasteiger charge is -2.28. The lowest BCUT2D eigenvalue weighted by Crippen LogP contribution is -2.39. The number of aromatic nitrogens is 1. The van der Waals surface area contributed by atoms with Gasteiger partial charge in [0.05, 0.1) is 6.42 Å². The van der Waals surface area contributed by atoms with E-state index in [4.69, 9.17) is 0 Å². The molecule has 0 aliphatic heterocycles. The second kappa shape index (κ2) is 9.74. The minimum absolute atomic E-state index is 0.138. The van der Waals surface area contributed by atoms with Crippen molar-refractivity contribution in [3.05, 3.63) is 102 Å². The van der Waals surface area contributed by atoms with E-state index in [-0.39, 0.29) is 18.2 Å².